The van der Waals surface area contributed by atoms with Crippen LogP contribution >= 0.6 is 11.6 Å². The lowest BCUT2D eigenvalue weighted by molar-refractivity contribution is 0.399. The van der Waals surface area contributed by atoms with Gasteiger partial charge in [-0.3, -0.25) is 0 Å². The molecule has 1 rings (SSSR count). The predicted molar refractivity (Wildman–Crippen MR) is 67.4 cm³/mol. The largest absolute Gasteiger partial charge is 0.313 e. The highest BCUT2D eigenvalue weighted by Gasteiger charge is 2.17. The molecule has 0 aliphatic carbocycles. The number of halogens is 1. The maximum absolute atomic E-state index is 6.04. The van der Waals surface area contributed by atoms with Crippen molar-refractivity contribution < 1.29 is 0 Å². The third-order valence-corrected chi connectivity index (χ3v) is 3.34. The van der Waals surface area contributed by atoms with Gasteiger partial charge < -0.3 is 5.32 Å². The van der Waals surface area contributed by atoms with Crippen LogP contribution in [0.2, 0.25) is 5.02 Å². The van der Waals surface area contributed by atoms with E-state index in [0.717, 1.165) is 11.4 Å². The average molecular weight is 226 g/mol. The minimum absolute atomic E-state index is 0.397. The zero-order chi connectivity index (χ0) is 11.4. The van der Waals surface area contributed by atoms with Crippen molar-refractivity contribution in [3.63, 3.8) is 0 Å². The first kappa shape index (κ1) is 12.5. The Hall–Kier alpha value is -0.530. The molecule has 84 valence electrons. The number of nitrogens with one attached hydrogen (secondary N) is 1. The summed E-state index contributed by atoms with van der Waals surface area (Å²) in [5, 5.41) is 4.20. The average Bonchev–Trinajstić information content (AvgIpc) is 2.23. The van der Waals surface area contributed by atoms with Gasteiger partial charge in [-0.2, -0.15) is 0 Å². The van der Waals surface area contributed by atoms with Gasteiger partial charge in [-0.05, 0) is 43.1 Å². The third-order valence-electron chi connectivity index (χ3n) is 3.10. The number of aryl methyl sites for hydroxylation is 1. The molecule has 0 radical (unpaired) electrons. The SMILES string of the molecule is CCC(C)C(NC)c1cc(Cl)ccc1C. The molecule has 0 saturated heterocycles. The van der Waals surface area contributed by atoms with Crippen molar-refractivity contribution >= 4 is 11.6 Å². The molecule has 1 aromatic rings. The maximum atomic E-state index is 6.04. The van der Waals surface area contributed by atoms with Crippen LogP contribution in [0, 0.1) is 12.8 Å². The van der Waals surface area contributed by atoms with E-state index in [1.54, 1.807) is 0 Å². The summed E-state index contributed by atoms with van der Waals surface area (Å²) in [5.74, 6) is 0.618. The second-order valence-electron chi connectivity index (χ2n) is 4.15. The maximum Gasteiger partial charge on any atom is 0.0409 e. The van der Waals surface area contributed by atoms with Crippen molar-refractivity contribution in [3.05, 3.63) is 34.3 Å². The Balaban J connectivity index is 3.05. The van der Waals surface area contributed by atoms with Gasteiger partial charge in [-0.25, -0.2) is 0 Å². The summed E-state index contributed by atoms with van der Waals surface area (Å²) in [6.45, 7) is 6.62. The summed E-state index contributed by atoms with van der Waals surface area (Å²) in [7, 11) is 2.01. The molecule has 1 aromatic carbocycles. The van der Waals surface area contributed by atoms with E-state index in [2.05, 4.69) is 38.2 Å². The summed E-state index contributed by atoms with van der Waals surface area (Å²) in [4.78, 5) is 0. The summed E-state index contributed by atoms with van der Waals surface area (Å²) in [6.07, 6.45) is 1.16. The minimum Gasteiger partial charge on any atom is -0.313 e. The molecule has 0 bridgehead atoms. The summed E-state index contributed by atoms with van der Waals surface area (Å²) < 4.78 is 0. The molecule has 2 heteroatoms. The van der Waals surface area contributed by atoms with Crippen LogP contribution in [0.1, 0.15) is 37.4 Å². The summed E-state index contributed by atoms with van der Waals surface area (Å²) in [5.41, 5.74) is 2.62. The molecule has 0 amide bonds. The Labute approximate surface area is 97.8 Å². The number of benzene rings is 1. The summed E-state index contributed by atoms with van der Waals surface area (Å²) in [6, 6.07) is 6.51. The standard InChI is InChI=1S/C13H20ClN/c1-5-9(2)13(15-4)12-8-11(14)7-6-10(12)3/h6-9,13,15H,5H2,1-4H3. The molecule has 0 aliphatic heterocycles. The molecule has 2 atom stereocenters. The minimum atomic E-state index is 0.397. The van der Waals surface area contributed by atoms with Gasteiger partial charge in [-0.15, -0.1) is 0 Å². The highest BCUT2D eigenvalue weighted by Crippen LogP contribution is 2.28. The smallest absolute Gasteiger partial charge is 0.0409 e. The van der Waals surface area contributed by atoms with E-state index in [9.17, 15) is 0 Å². The van der Waals surface area contributed by atoms with Crippen molar-refractivity contribution in [2.75, 3.05) is 7.05 Å². The van der Waals surface area contributed by atoms with Gasteiger partial charge in [0.2, 0.25) is 0 Å². The Morgan fingerprint density at radius 2 is 2.07 bits per heavy atom. The van der Waals surface area contributed by atoms with Crippen LogP contribution in [0.25, 0.3) is 0 Å². The second-order valence-corrected chi connectivity index (χ2v) is 4.59. The van der Waals surface area contributed by atoms with E-state index in [1.807, 2.05) is 13.1 Å². The van der Waals surface area contributed by atoms with Gasteiger partial charge in [0.25, 0.3) is 0 Å². The van der Waals surface area contributed by atoms with Gasteiger partial charge in [0, 0.05) is 11.1 Å². The molecule has 0 fully saturated rings. The predicted octanol–water partition coefficient (Wildman–Crippen LogP) is 3.96. The first-order chi connectivity index (χ1) is 7.10. The van der Waals surface area contributed by atoms with Crippen LogP contribution in [-0.4, -0.2) is 7.05 Å². The lowest BCUT2D eigenvalue weighted by atomic mass is 9.90. The zero-order valence-corrected chi connectivity index (χ0v) is 10.7. The van der Waals surface area contributed by atoms with Crippen LogP contribution in [0.5, 0.6) is 0 Å². The van der Waals surface area contributed by atoms with Gasteiger partial charge in [0.15, 0.2) is 0 Å². The van der Waals surface area contributed by atoms with Crippen molar-refractivity contribution in [1.29, 1.82) is 0 Å². The second kappa shape index (κ2) is 5.53. The topological polar surface area (TPSA) is 12.0 Å². The quantitative estimate of drug-likeness (QED) is 0.818. The molecule has 15 heavy (non-hydrogen) atoms. The van der Waals surface area contributed by atoms with Crippen molar-refractivity contribution in [3.8, 4) is 0 Å². The Morgan fingerprint density at radius 3 is 2.60 bits per heavy atom. The Morgan fingerprint density at radius 1 is 1.40 bits per heavy atom. The van der Waals surface area contributed by atoms with Crippen LogP contribution in [0.3, 0.4) is 0 Å². The first-order valence-corrected chi connectivity index (χ1v) is 5.91. The highest BCUT2D eigenvalue weighted by molar-refractivity contribution is 6.30. The molecule has 1 N–H and O–H groups in total. The monoisotopic (exact) mass is 225 g/mol. The van der Waals surface area contributed by atoms with E-state index in [-0.39, 0.29) is 0 Å². The van der Waals surface area contributed by atoms with E-state index >= 15 is 0 Å². The Kier molecular flexibility index (Phi) is 4.62. The zero-order valence-electron chi connectivity index (χ0n) is 9.97. The molecule has 0 saturated carbocycles. The number of rotatable bonds is 4. The molecule has 0 aliphatic rings. The molecule has 0 aromatic heterocycles. The van der Waals surface area contributed by atoms with Crippen molar-refractivity contribution in [2.45, 2.75) is 33.2 Å². The normalized spacial score (nSPS) is 15.0. The number of hydrogen-bond donors (Lipinski definition) is 1. The molecular formula is C13H20ClN. The molecule has 1 nitrogen and oxygen atoms in total. The van der Waals surface area contributed by atoms with Gasteiger partial charge in [0.1, 0.15) is 0 Å². The first-order valence-electron chi connectivity index (χ1n) is 5.53. The van der Waals surface area contributed by atoms with Crippen molar-refractivity contribution in [2.24, 2.45) is 5.92 Å². The van der Waals surface area contributed by atoms with E-state index in [4.69, 9.17) is 11.6 Å². The highest BCUT2D eigenvalue weighted by atomic mass is 35.5. The van der Waals surface area contributed by atoms with Gasteiger partial charge >= 0.3 is 0 Å². The van der Waals surface area contributed by atoms with E-state index < -0.39 is 0 Å². The molecule has 0 heterocycles. The fourth-order valence-corrected chi connectivity index (χ4v) is 2.11. The summed E-state index contributed by atoms with van der Waals surface area (Å²) >= 11 is 6.04. The fraction of sp³-hybridized carbons (Fsp3) is 0.538. The van der Waals surface area contributed by atoms with Crippen LogP contribution in [0.15, 0.2) is 18.2 Å². The van der Waals surface area contributed by atoms with Crippen LogP contribution in [-0.2, 0) is 0 Å². The lowest BCUT2D eigenvalue weighted by Crippen LogP contribution is -2.23. The fourth-order valence-electron chi connectivity index (χ4n) is 1.93. The van der Waals surface area contributed by atoms with Gasteiger partial charge in [0.05, 0.1) is 0 Å². The number of hydrogen-bond acceptors (Lipinski definition) is 1. The van der Waals surface area contributed by atoms with Crippen molar-refractivity contribution in [1.82, 2.24) is 5.32 Å². The molecule has 0 spiro atoms. The van der Waals surface area contributed by atoms with Crippen LogP contribution < -0.4 is 5.32 Å². The van der Waals surface area contributed by atoms with E-state index in [1.165, 1.54) is 11.1 Å². The van der Waals surface area contributed by atoms with Gasteiger partial charge in [-0.1, -0.05) is 37.9 Å². The van der Waals surface area contributed by atoms with E-state index in [0.29, 0.717) is 12.0 Å². The van der Waals surface area contributed by atoms with Crippen LogP contribution in [0.4, 0.5) is 0 Å². The third kappa shape index (κ3) is 2.96. The molecule has 2 unspecified atom stereocenters. The molecular weight excluding hydrogens is 206 g/mol. The Bertz CT molecular complexity index is 322. The lowest BCUT2D eigenvalue weighted by Gasteiger charge is -2.24.